The van der Waals surface area contributed by atoms with Crippen molar-refractivity contribution in [2.24, 2.45) is 5.92 Å². The van der Waals surface area contributed by atoms with Crippen molar-refractivity contribution < 1.29 is 14.3 Å². The van der Waals surface area contributed by atoms with Gasteiger partial charge in [0, 0.05) is 5.71 Å². The zero-order valence-electron chi connectivity index (χ0n) is 12.1. The van der Waals surface area contributed by atoms with Gasteiger partial charge in [-0.15, -0.1) is 0 Å². The molecule has 1 aromatic rings. The smallest absolute Gasteiger partial charge is 0.313 e. The molecule has 110 valence electrons. The van der Waals surface area contributed by atoms with Crippen molar-refractivity contribution >= 4 is 17.5 Å². The molecule has 0 fully saturated rings. The summed E-state index contributed by atoms with van der Waals surface area (Å²) in [4.78, 5) is 23.8. The van der Waals surface area contributed by atoms with Crippen LogP contribution in [0.5, 0.6) is 0 Å². The van der Waals surface area contributed by atoms with E-state index in [4.69, 9.17) is 15.4 Å². The zero-order chi connectivity index (χ0) is 15.8. The molecule has 2 atom stereocenters. The first-order chi connectivity index (χ1) is 10.0. The van der Waals surface area contributed by atoms with E-state index in [0.717, 1.165) is 5.56 Å². The van der Waals surface area contributed by atoms with Crippen LogP contribution in [-0.2, 0) is 14.3 Å². The van der Waals surface area contributed by atoms with Gasteiger partial charge in [0.1, 0.15) is 5.92 Å². The Morgan fingerprint density at radius 1 is 1.33 bits per heavy atom. The number of ketones is 1. The summed E-state index contributed by atoms with van der Waals surface area (Å²) >= 11 is 0. The molecule has 0 bridgehead atoms. The maximum atomic E-state index is 12.0. The third-order valence-electron chi connectivity index (χ3n) is 3.14. The van der Waals surface area contributed by atoms with Gasteiger partial charge in [0.05, 0.1) is 12.0 Å². The van der Waals surface area contributed by atoms with Crippen LogP contribution in [0.25, 0.3) is 0 Å². The summed E-state index contributed by atoms with van der Waals surface area (Å²) in [6, 6.07) is 10.9. The number of nitrogens with zero attached hydrogens (tertiary/aromatic N) is 1. The monoisotopic (exact) mass is 286 g/mol. The van der Waals surface area contributed by atoms with Crippen LogP contribution in [0.4, 0.5) is 0 Å². The van der Waals surface area contributed by atoms with Crippen LogP contribution in [-0.4, -0.2) is 24.1 Å². The number of esters is 1. The number of nitrogens with one attached hydrogen (secondary N) is 1. The summed E-state index contributed by atoms with van der Waals surface area (Å²) in [5.74, 6) is -2.63. The number of rotatable bonds is 7. The number of hydrogen-bond acceptors (Lipinski definition) is 5. The molecular weight excluding hydrogens is 268 g/mol. The van der Waals surface area contributed by atoms with Gasteiger partial charge < -0.3 is 10.1 Å². The standard InChI is InChI=1S/C16H18N2O3/c1-3-13(12-7-5-4-6-8-12)16(20)21-10-15(19)14(9-17)11(2)18/h4-8,13-14,18H,3,10H2,1-2H3/t13-,14-/m1/s1. The predicted octanol–water partition coefficient (Wildman–Crippen LogP) is 2.47. The fourth-order valence-electron chi connectivity index (χ4n) is 1.96. The molecule has 5 heteroatoms. The first-order valence-corrected chi connectivity index (χ1v) is 6.70. The van der Waals surface area contributed by atoms with Gasteiger partial charge in [-0.05, 0) is 18.9 Å². The molecule has 0 spiro atoms. The quantitative estimate of drug-likeness (QED) is 0.615. The van der Waals surface area contributed by atoms with Crippen LogP contribution < -0.4 is 0 Å². The molecule has 1 rings (SSSR count). The molecule has 5 nitrogen and oxygen atoms in total. The van der Waals surface area contributed by atoms with Gasteiger partial charge in [0.15, 0.2) is 12.4 Å². The van der Waals surface area contributed by atoms with Crippen molar-refractivity contribution in [3.63, 3.8) is 0 Å². The van der Waals surface area contributed by atoms with Crippen molar-refractivity contribution in [2.75, 3.05) is 6.61 Å². The Kier molecular flexibility index (Phi) is 6.28. The van der Waals surface area contributed by atoms with E-state index in [1.165, 1.54) is 6.92 Å². The van der Waals surface area contributed by atoms with E-state index in [1.807, 2.05) is 37.3 Å². The molecule has 0 saturated heterocycles. The third-order valence-corrected chi connectivity index (χ3v) is 3.14. The number of ether oxygens (including phenoxy) is 1. The molecule has 21 heavy (non-hydrogen) atoms. The van der Waals surface area contributed by atoms with Gasteiger partial charge in [-0.1, -0.05) is 37.3 Å². The van der Waals surface area contributed by atoms with Crippen LogP contribution in [0, 0.1) is 22.7 Å². The van der Waals surface area contributed by atoms with E-state index in [1.54, 1.807) is 6.07 Å². The van der Waals surface area contributed by atoms with Gasteiger partial charge in [0.2, 0.25) is 0 Å². The zero-order valence-corrected chi connectivity index (χ0v) is 12.1. The van der Waals surface area contributed by atoms with Crippen LogP contribution in [0.3, 0.4) is 0 Å². The van der Waals surface area contributed by atoms with E-state index in [0.29, 0.717) is 6.42 Å². The molecule has 0 amide bonds. The van der Waals surface area contributed by atoms with Crippen molar-refractivity contribution in [3.05, 3.63) is 35.9 Å². The minimum atomic E-state index is -1.14. The van der Waals surface area contributed by atoms with Crippen LogP contribution in [0.15, 0.2) is 30.3 Å². The van der Waals surface area contributed by atoms with Crippen LogP contribution >= 0.6 is 0 Å². The molecule has 0 saturated carbocycles. The second-order valence-corrected chi connectivity index (χ2v) is 4.69. The summed E-state index contributed by atoms with van der Waals surface area (Å²) in [7, 11) is 0. The summed E-state index contributed by atoms with van der Waals surface area (Å²) in [5.41, 5.74) is 0.783. The highest BCUT2D eigenvalue weighted by Crippen LogP contribution is 2.20. The maximum absolute atomic E-state index is 12.0. The average Bonchev–Trinajstić information content (AvgIpc) is 2.47. The summed E-state index contributed by atoms with van der Waals surface area (Å²) in [5, 5.41) is 16.2. The van der Waals surface area contributed by atoms with E-state index < -0.39 is 30.2 Å². The predicted molar refractivity (Wildman–Crippen MR) is 77.9 cm³/mol. The highest BCUT2D eigenvalue weighted by atomic mass is 16.5. The Labute approximate surface area is 124 Å². The molecule has 0 aliphatic rings. The number of benzene rings is 1. The van der Waals surface area contributed by atoms with Crippen molar-refractivity contribution in [1.29, 1.82) is 10.7 Å². The van der Waals surface area contributed by atoms with Crippen LogP contribution in [0.1, 0.15) is 31.7 Å². The second-order valence-electron chi connectivity index (χ2n) is 4.69. The van der Waals surface area contributed by atoms with Gasteiger partial charge in [-0.25, -0.2) is 0 Å². The van der Waals surface area contributed by atoms with Crippen molar-refractivity contribution in [3.8, 4) is 6.07 Å². The number of Topliss-reactive ketones (excluding diaryl/α,β-unsaturated/α-hetero) is 1. The molecule has 0 aliphatic heterocycles. The minimum Gasteiger partial charge on any atom is -0.457 e. The summed E-state index contributed by atoms with van der Waals surface area (Å²) in [6.07, 6.45) is 0.558. The van der Waals surface area contributed by atoms with E-state index in [2.05, 4.69) is 0 Å². The molecule has 0 unspecified atom stereocenters. The van der Waals surface area contributed by atoms with Gasteiger partial charge in [0.25, 0.3) is 0 Å². The summed E-state index contributed by atoms with van der Waals surface area (Å²) < 4.78 is 5.01. The normalized spacial score (nSPS) is 12.8. The molecular formula is C16H18N2O3. The summed E-state index contributed by atoms with van der Waals surface area (Å²) in [6.45, 7) is 2.77. The molecule has 0 radical (unpaired) electrons. The maximum Gasteiger partial charge on any atom is 0.313 e. The third kappa shape index (κ3) is 4.53. The lowest BCUT2D eigenvalue weighted by Crippen LogP contribution is -2.27. The second kappa shape index (κ2) is 7.95. The molecule has 1 N–H and O–H groups in total. The van der Waals surface area contributed by atoms with Gasteiger partial charge >= 0.3 is 5.97 Å². The highest BCUT2D eigenvalue weighted by Gasteiger charge is 2.24. The topological polar surface area (TPSA) is 91.0 Å². The Morgan fingerprint density at radius 3 is 2.43 bits per heavy atom. The lowest BCUT2D eigenvalue weighted by molar-refractivity contribution is -0.149. The highest BCUT2D eigenvalue weighted by molar-refractivity contribution is 6.06. The van der Waals surface area contributed by atoms with E-state index >= 15 is 0 Å². The SMILES string of the molecule is CC[C@@H](C(=O)OCC(=O)[C@H](C#N)C(C)=N)c1ccccc1. The largest absolute Gasteiger partial charge is 0.457 e. The van der Waals surface area contributed by atoms with E-state index in [9.17, 15) is 9.59 Å². The minimum absolute atomic E-state index is 0.0475. The Hall–Kier alpha value is -2.48. The molecule has 0 heterocycles. The first kappa shape index (κ1) is 16.6. The van der Waals surface area contributed by atoms with Crippen LogP contribution in [0.2, 0.25) is 0 Å². The number of hydrogen-bond donors (Lipinski definition) is 1. The molecule has 1 aromatic carbocycles. The fourth-order valence-corrected chi connectivity index (χ4v) is 1.96. The lowest BCUT2D eigenvalue weighted by atomic mass is 9.97. The Balaban J connectivity index is 2.66. The van der Waals surface area contributed by atoms with Crippen molar-refractivity contribution in [1.82, 2.24) is 0 Å². The van der Waals surface area contributed by atoms with Gasteiger partial charge in [-0.2, -0.15) is 5.26 Å². The van der Waals surface area contributed by atoms with Crippen molar-refractivity contribution in [2.45, 2.75) is 26.2 Å². The average molecular weight is 286 g/mol. The Bertz CT molecular complexity index is 561. The van der Waals surface area contributed by atoms with Gasteiger partial charge in [-0.3, -0.25) is 9.59 Å². The molecule has 0 aliphatic carbocycles. The number of nitriles is 1. The fraction of sp³-hybridized carbons (Fsp3) is 0.375. The molecule has 0 aromatic heterocycles. The van der Waals surface area contributed by atoms with E-state index in [-0.39, 0.29) is 5.71 Å². The Morgan fingerprint density at radius 2 is 1.95 bits per heavy atom. The first-order valence-electron chi connectivity index (χ1n) is 6.70. The lowest BCUT2D eigenvalue weighted by Gasteiger charge is -2.15. The number of carbonyl (C=O) groups excluding carboxylic acids is 2. The number of carbonyl (C=O) groups is 2.